The highest BCUT2D eigenvalue weighted by Crippen LogP contribution is 2.42. The number of ketones is 2. The molecule has 71 heavy (non-hydrogen) atoms. The molecule has 0 aromatic heterocycles. The molecule has 10 nitrogen and oxygen atoms in total. The summed E-state index contributed by atoms with van der Waals surface area (Å²) in [5.74, 6) is -0.175. The smallest absolute Gasteiger partial charge is 0.330 e. The normalized spacial score (nSPS) is 16.8. The van der Waals surface area contributed by atoms with Gasteiger partial charge in [0, 0.05) is 24.8 Å². The van der Waals surface area contributed by atoms with Gasteiger partial charge in [-0.25, -0.2) is 4.79 Å². The van der Waals surface area contributed by atoms with Crippen LogP contribution in [0.15, 0.2) is 71.9 Å². The highest BCUT2D eigenvalue weighted by Gasteiger charge is 2.47. The van der Waals surface area contributed by atoms with Crippen molar-refractivity contribution < 1.29 is 47.3 Å². The van der Waals surface area contributed by atoms with Crippen LogP contribution in [0.1, 0.15) is 161 Å². The van der Waals surface area contributed by atoms with E-state index < -0.39 is 60.9 Å². The predicted octanol–water partition coefficient (Wildman–Crippen LogP) is 15.1. The second-order valence-electron chi connectivity index (χ2n) is 22.4. The Morgan fingerprint density at radius 3 is 1.89 bits per heavy atom. The second-order valence-corrected chi connectivity index (χ2v) is 36.6. The SMILES string of the molecule is C=C(/C=C(\C)[C@@](C)(C[C@@H](CC(=O)[C@H](OCc1ccc(OC)cc1)[C@@H](O[Si](CC)(CC)CC)[C@H](C)C[C@@H](C)O)O[Si](C)(C)C(C)(C)C)O[Si](CC)(CC)CC)C[C@@H](C)C/C=C/C(=O)CCC/C=C(\C)C(=O)O. The zero-order valence-electron chi connectivity index (χ0n) is 48.1. The Hall–Kier alpha value is -2.76. The van der Waals surface area contributed by atoms with E-state index in [4.69, 9.17) is 27.9 Å². The molecule has 2 N–H and O–H groups in total. The van der Waals surface area contributed by atoms with Gasteiger partial charge in [0.1, 0.15) is 11.9 Å². The van der Waals surface area contributed by atoms with Crippen LogP contribution in [0.5, 0.6) is 5.75 Å². The maximum absolute atomic E-state index is 15.6. The van der Waals surface area contributed by atoms with Crippen molar-refractivity contribution in [3.05, 3.63) is 77.4 Å². The second kappa shape index (κ2) is 31.2. The highest BCUT2D eigenvalue weighted by atomic mass is 28.4. The van der Waals surface area contributed by atoms with Crippen molar-refractivity contribution in [1.82, 2.24) is 0 Å². The number of hydrogen-bond donors (Lipinski definition) is 2. The first-order chi connectivity index (χ1) is 33.0. The van der Waals surface area contributed by atoms with Crippen molar-refractivity contribution in [3.8, 4) is 5.75 Å². The van der Waals surface area contributed by atoms with Crippen LogP contribution < -0.4 is 4.74 Å². The number of carbonyl (C=O) groups is 3. The van der Waals surface area contributed by atoms with Gasteiger partial charge in [-0.3, -0.25) is 9.59 Å². The summed E-state index contributed by atoms with van der Waals surface area (Å²) in [6, 6.07) is 13.3. The number of carboxylic acid groups (broad SMARTS) is 1. The molecule has 0 saturated heterocycles. The molecule has 7 atom stereocenters. The lowest BCUT2D eigenvalue weighted by molar-refractivity contribution is -0.144. The van der Waals surface area contributed by atoms with E-state index in [0.29, 0.717) is 44.1 Å². The Balaban J connectivity index is 3.88. The molecule has 0 bridgehead atoms. The van der Waals surface area contributed by atoms with Gasteiger partial charge in [0.25, 0.3) is 0 Å². The fraction of sp³-hybridized carbons (Fsp3) is 0.707. The van der Waals surface area contributed by atoms with E-state index in [1.54, 1.807) is 33.1 Å². The molecule has 0 radical (unpaired) electrons. The van der Waals surface area contributed by atoms with E-state index >= 15 is 4.79 Å². The number of hydrogen-bond acceptors (Lipinski definition) is 9. The summed E-state index contributed by atoms with van der Waals surface area (Å²) >= 11 is 0. The van der Waals surface area contributed by atoms with Crippen LogP contribution in [0.25, 0.3) is 0 Å². The first-order valence-electron chi connectivity index (χ1n) is 27.0. The average Bonchev–Trinajstić information content (AvgIpc) is 3.30. The molecule has 0 spiro atoms. The number of benzene rings is 1. The molecule has 0 fully saturated rings. The van der Waals surface area contributed by atoms with Gasteiger partial charge in [-0.15, -0.1) is 0 Å². The third-order valence-corrected chi connectivity index (χ3v) is 29.5. The number of aliphatic carboxylic acids is 1. The lowest BCUT2D eigenvalue weighted by atomic mass is 9.85. The highest BCUT2D eigenvalue weighted by molar-refractivity contribution is 6.74. The van der Waals surface area contributed by atoms with Gasteiger partial charge in [-0.1, -0.05) is 119 Å². The molecule has 1 aromatic carbocycles. The van der Waals surface area contributed by atoms with E-state index in [2.05, 4.69) is 116 Å². The largest absolute Gasteiger partial charge is 0.497 e. The number of Topliss-reactive ketones (excluding diaryl/α,β-unsaturated/α-hetero) is 1. The summed E-state index contributed by atoms with van der Waals surface area (Å²) in [5, 5.41) is 19.7. The maximum Gasteiger partial charge on any atom is 0.330 e. The minimum Gasteiger partial charge on any atom is -0.497 e. The molecule has 13 heteroatoms. The zero-order valence-corrected chi connectivity index (χ0v) is 51.1. The third kappa shape index (κ3) is 22.3. The topological polar surface area (TPSA) is 138 Å². The third-order valence-electron chi connectivity index (χ3n) is 15.6. The van der Waals surface area contributed by atoms with Crippen LogP contribution in [0.4, 0.5) is 0 Å². The average molecular weight is 1040 g/mol. The summed E-state index contributed by atoms with van der Waals surface area (Å²) in [5.41, 5.74) is 2.43. The Morgan fingerprint density at radius 1 is 0.831 bits per heavy atom. The van der Waals surface area contributed by atoms with Crippen molar-refractivity contribution in [2.24, 2.45) is 11.8 Å². The van der Waals surface area contributed by atoms with Crippen LogP contribution in [0, 0.1) is 11.8 Å². The van der Waals surface area contributed by atoms with Crippen molar-refractivity contribution in [2.75, 3.05) is 7.11 Å². The van der Waals surface area contributed by atoms with Crippen molar-refractivity contribution >= 4 is 42.5 Å². The molecule has 406 valence electrons. The Kier molecular flexibility index (Phi) is 29.1. The van der Waals surface area contributed by atoms with Gasteiger partial charge in [0.15, 0.2) is 36.5 Å². The van der Waals surface area contributed by atoms with Gasteiger partial charge in [-0.05, 0) is 155 Å². The summed E-state index contributed by atoms with van der Waals surface area (Å²) in [6.07, 6.45) is 8.85. The molecule has 1 aromatic rings. The lowest BCUT2D eigenvalue weighted by Gasteiger charge is -2.46. The van der Waals surface area contributed by atoms with Gasteiger partial charge >= 0.3 is 5.97 Å². The quantitative estimate of drug-likeness (QED) is 0.0287. The lowest BCUT2D eigenvalue weighted by Crippen LogP contribution is -2.53. The minimum absolute atomic E-state index is 0.0368. The molecule has 0 aliphatic heterocycles. The fourth-order valence-electron chi connectivity index (χ4n) is 9.21. The van der Waals surface area contributed by atoms with E-state index in [9.17, 15) is 14.7 Å². The summed E-state index contributed by atoms with van der Waals surface area (Å²) in [7, 11) is -5.40. The number of carboxylic acids is 1. The number of aliphatic hydroxyl groups is 1. The van der Waals surface area contributed by atoms with Crippen LogP contribution in [-0.4, -0.2) is 89.8 Å². The minimum atomic E-state index is -2.49. The molecule has 0 amide bonds. The van der Waals surface area contributed by atoms with Gasteiger partial charge < -0.3 is 33.0 Å². The molecule has 0 unspecified atom stereocenters. The number of carbonyl (C=O) groups excluding carboxylic acids is 2. The Labute approximate surface area is 436 Å². The van der Waals surface area contributed by atoms with E-state index in [1.807, 2.05) is 30.3 Å². The van der Waals surface area contributed by atoms with Crippen molar-refractivity contribution in [3.63, 3.8) is 0 Å². The Morgan fingerprint density at radius 2 is 1.39 bits per heavy atom. The number of allylic oxidation sites excluding steroid dienone is 5. The van der Waals surface area contributed by atoms with E-state index in [0.717, 1.165) is 65.1 Å². The number of rotatable bonds is 37. The van der Waals surface area contributed by atoms with Crippen LogP contribution in [0.3, 0.4) is 0 Å². The number of unbranched alkanes of at least 4 members (excludes halogenated alkanes) is 1. The molecule has 0 aliphatic rings. The number of ether oxygens (including phenoxy) is 2. The number of aliphatic hydroxyl groups excluding tert-OH is 1. The first kappa shape index (κ1) is 66.3. The maximum atomic E-state index is 15.6. The summed E-state index contributed by atoms with van der Waals surface area (Å²) in [4.78, 5) is 39.3. The molecule has 1 rings (SSSR count). The van der Waals surface area contributed by atoms with E-state index in [1.165, 1.54) is 0 Å². The standard InChI is InChI=1S/C58H102O10Si3/c1-20-70(21-2,22-3)67-54(46(10)39-48(12)59)55(65-42-49-33-35-51(64-17)36-34-49)53(61)40-52(66-69(18,19)57(13,14)15)41-58(16,68-71(23-4,24-5)25-6)47(11)38-44(8)37-43(7)29-28-32-50(60)31-27-26-30-45(9)56(62)63/h28,30,32-36,38,43,46,48,52,54-55,59H,8,20-27,29,31,37,39-42H2,1-7,9-19H3,(H,62,63)/b32-28+,45-30+,47-38+/t43-,46+,48+,52+,54-,55-,58+/m0/s1. The Bertz CT molecular complexity index is 1860. The number of methoxy groups -OCH3 is 1. The molecule has 0 heterocycles. The van der Waals surface area contributed by atoms with Crippen LogP contribution in [0.2, 0.25) is 54.4 Å². The fourth-order valence-corrected chi connectivity index (χ4v) is 16.6. The molecule has 0 saturated carbocycles. The van der Waals surface area contributed by atoms with E-state index in [-0.39, 0.29) is 41.5 Å². The summed E-state index contributed by atoms with van der Waals surface area (Å²) < 4.78 is 34.7. The van der Waals surface area contributed by atoms with Crippen LogP contribution >= 0.6 is 0 Å². The van der Waals surface area contributed by atoms with Gasteiger partial charge in [0.2, 0.25) is 0 Å². The monoisotopic (exact) mass is 1040 g/mol. The van der Waals surface area contributed by atoms with Crippen molar-refractivity contribution in [2.45, 2.75) is 246 Å². The zero-order chi connectivity index (χ0) is 54.4. The van der Waals surface area contributed by atoms with Crippen molar-refractivity contribution in [1.29, 1.82) is 0 Å². The molecule has 0 aliphatic carbocycles. The predicted molar refractivity (Wildman–Crippen MR) is 303 cm³/mol. The van der Waals surface area contributed by atoms with Gasteiger partial charge in [0.05, 0.1) is 37.6 Å². The molecular weight excluding hydrogens is 941 g/mol. The van der Waals surface area contributed by atoms with Gasteiger partial charge in [-0.2, -0.15) is 0 Å². The first-order valence-corrected chi connectivity index (χ1v) is 35.0. The summed E-state index contributed by atoms with van der Waals surface area (Å²) in [6.45, 7) is 41.2. The molecular formula is C58H102O10Si3. The van der Waals surface area contributed by atoms with Crippen LogP contribution in [-0.2, 0) is 39.0 Å².